The average Bonchev–Trinajstić information content (AvgIpc) is 2.52. The number of carbonyl (C=O) groups excluding carboxylic acids is 1. The van der Waals surface area contributed by atoms with Crippen LogP contribution in [0.4, 0.5) is 0 Å². The first-order valence-corrected chi connectivity index (χ1v) is 7.75. The van der Waals surface area contributed by atoms with Gasteiger partial charge in [0.2, 0.25) is 0 Å². The van der Waals surface area contributed by atoms with Crippen molar-refractivity contribution in [2.75, 3.05) is 26.7 Å². The fourth-order valence-electron chi connectivity index (χ4n) is 1.76. The van der Waals surface area contributed by atoms with Gasteiger partial charge in [0.25, 0.3) is 5.91 Å². The SMILES string of the molecule is CCC(C)(CBr)NC(=O)c1cc(OC)c(OC)cc1OC. The summed E-state index contributed by atoms with van der Waals surface area (Å²) in [5.41, 5.74) is 0.0886. The number of halogens is 1. The first-order chi connectivity index (χ1) is 9.94. The summed E-state index contributed by atoms with van der Waals surface area (Å²) in [5, 5.41) is 3.67. The van der Waals surface area contributed by atoms with Crippen LogP contribution in [-0.2, 0) is 0 Å². The molecule has 1 N–H and O–H groups in total. The van der Waals surface area contributed by atoms with Crippen molar-refractivity contribution in [2.24, 2.45) is 0 Å². The van der Waals surface area contributed by atoms with Crippen LogP contribution >= 0.6 is 15.9 Å². The minimum atomic E-state index is -0.324. The van der Waals surface area contributed by atoms with E-state index < -0.39 is 0 Å². The predicted octanol–water partition coefficient (Wildman–Crippen LogP) is 3.01. The first-order valence-electron chi connectivity index (χ1n) is 6.63. The molecule has 6 heteroatoms. The van der Waals surface area contributed by atoms with Gasteiger partial charge in [0.15, 0.2) is 11.5 Å². The van der Waals surface area contributed by atoms with Crippen molar-refractivity contribution in [1.29, 1.82) is 0 Å². The number of methoxy groups -OCH3 is 3. The van der Waals surface area contributed by atoms with Gasteiger partial charge in [-0.05, 0) is 13.3 Å². The highest BCUT2D eigenvalue weighted by atomic mass is 79.9. The highest BCUT2D eigenvalue weighted by Crippen LogP contribution is 2.34. The fraction of sp³-hybridized carbons (Fsp3) is 0.533. The molecule has 1 amide bonds. The number of hydrogen-bond acceptors (Lipinski definition) is 4. The average molecular weight is 360 g/mol. The summed E-state index contributed by atoms with van der Waals surface area (Å²) in [6.45, 7) is 4.00. The van der Waals surface area contributed by atoms with Gasteiger partial charge in [-0.15, -0.1) is 0 Å². The van der Waals surface area contributed by atoms with Crippen molar-refractivity contribution < 1.29 is 19.0 Å². The Hall–Kier alpha value is -1.43. The van der Waals surface area contributed by atoms with Gasteiger partial charge in [-0.1, -0.05) is 22.9 Å². The maximum absolute atomic E-state index is 12.5. The minimum Gasteiger partial charge on any atom is -0.496 e. The molecule has 0 spiro atoms. The first kappa shape index (κ1) is 17.6. The molecule has 0 radical (unpaired) electrons. The molecule has 0 aromatic heterocycles. The molecule has 1 rings (SSSR count). The molecule has 0 aliphatic rings. The highest BCUT2D eigenvalue weighted by Gasteiger charge is 2.26. The molecule has 0 heterocycles. The number of carbonyl (C=O) groups is 1. The zero-order valence-electron chi connectivity index (χ0n) is 13.1. The number of alkyl halides is 1. The number of ether oxygens (including phenoxy) is 3. The fourth-order valence-corrected chi connectivity index (χ4v) is 2.30. The van der Waals surface area contributed by atoms with Gasteiger partial charge in [0, 0.05) is 23.0 Å². The minimum absolute atomic E-state index is 0.211. The summed E-state index contributed by atoms with van der Waals surface area (Å²) < 4.78 is 15.7. The molecule has 0 aliphatic carbocycles. The summed E-state index contributed by atoms with van der Waals surface area (Å²) >= 11 is 3.43. The Balaban J connectivity index is 3.19. The number of hydrogen-bond donors (Lipinski definition) is 1. The summed E-state index contributed by atoms with van der Waals surface area (Å²) in [6.07, 6.45) is 0.805. The summed E-state index contributed by atoms with van der Waals surface area (Å²) in [5.74, 6) is 1.24. The van der Waals surface area contributed by atoms with Crippen LogP contribution in [0.1, 0.15) is 30.6 Å². The molecule has 118 valence electrons. The second kappa shape index (κ2) is 7.54. The molecule has 0 saturated carbocycles. The monoisotopic (exact) mass is 359 g/mol. The van der Waals surface area contributed by atoms with E-state index in [4.69, 9.17) is 14.2 Å². The second-order valence-corrected chi connectivity index (χ2v) is 5.47. The molecule has 0 fully saturated rings. The van der Waals surface area contributed by atoms with Crippen LogP contribution in [0.15, 0.2) is 12.1 Å². The molecule has 1 unspecified atom stereocenters. The van der Waals surface area contributed by atoms with Gasteiger partial charge in [-0.2, -0.15) is 0 Å². The number of benzene rings is 1. The Kier molecular flexibility index (Phi) is 6.33. The summed E-state index contributed by atoms with van der Waals surface area (Å²) in [4.78, 5) is 12.5. The zero-order chi connectivity index (χ0) is 16.0. The van der Waals surface area contributed by atoms with E-state index in [1.54, 1.807) is 12.1 Å². The smallest absolute Gasteiger partial charge is 0.255 e. The van der Waals surface area contributed by atoms with Crippen LogP contribution in [0, 0.1) is 0 Å². The summed E-state index contributed by atoms with van der Waals surface area (Å²) in [7, 11) is 4.58. The van der Waals surface area contributed by atoms with Gasteiger partial charge in [0.05, 0.1) is 26.9 Å². The topological polar surface area (TPSA) is 56.8 Å². The van der Waals surface area contributed by atoms with E-state index in [9.17, 15) is 4.79 Å². The van der Waals surface area contributed by atoms with E-state index in [1.165, 1.54) is 21.3 Å². The molecule has 0 aliphatic heterocycles. The van der Waals surface area contributed by atoms with E-state index in [-0.39, 0.29) is 11.4 Å². The molecule has 5 nitrogen and oxygen atoms in total. The number of amides is 1. The quantitative estimate of drug-likeness (QED) is 0.760. The Morgan fingerprint density at radius 2 is 1.67 bits per heavy atom. The van der Waals surface area contributed by atoms with Gasteiger partial charge < -0.3 is 19.5 Å². The summed E-state index contributed by atoms with van der Waals surface area (Å²) in [6, 6.07) is 3.27. The number of nitrogens with one attached hydrogen (secondary N) is 1. The van der Waals surface area contributed by atoms with Crippen molar-refractivity contribution in [3.05, 3.63) is 17.7 Å². The van der Waals surface area contributed by atoms with E-state index in [0.29, 0.717) is 28.1 Å². The van der Waals surface area contributed by atoms with Gasteiger partial charge in [-0.3, -0.25) is 4.79 Å². The van der Waals surface area contributed by atoms with Crippen molar-refractivity contribution in [3.8, 4) is 17.2 Å². The third-order valence-electron chi connectivity index (χ3n) is 3.44. The zero-order valence-corrected chi connectivity index (χ0v) is 14.7. The lowest BCUT2D eigenvalue weighted by Crippen LogP contribution is -2.47. The Morgan fingerprint density at radius 1 is 1.14 bits per heavy atom. The van der Waals surface area contributed by atoms with E-state index >= 15 is 0 Å². The molecule has 0 saturated heterocycles. The van der Waals surface area contributed by atoms with Crippen molar-refractivity contribution >= 4 is 21.8 Å². The van der Waals surface area contributed by atoms with Gasteiger partial charge >= 0.3 is 0 Å². The van der Waals surface area contributed by atoms with Crippen LogP contribution in [0.2, 0.25) is 0 Å². The largest absolute Gasteiger partial charge is 0.496 e. The molecular weight excluding hydrogens is 338 g/mol. The molecular formula is C15H22BrNO4. The maximum Gasteiger partial charge on any atom is 0.255 e. The standard InChI is InChI=1S/C15H22BrNO4/c1-6-15(2,9-16)17-14(18)10-7-12(20-4)13(21-5)8-11(10)19-3/h7-8H,6,9H2,1-5H3,(H,17,18). The van der Waals surface area contributed by atoms with Crippen molar-refractivity contribution in [1.82, 2.24) is 5.32 Å². The van der Waals surface area contributed by atoms with Crippen LogP contribution in [-0.4, -0.2) is 38.1 Å². The second-order valence-electron chi connectivity index (χ2n) is 4.91. The molecule has 1 atom stereocenters. The van der Waals surface area contributed by atoms with Crippen LogP contribution in [0.25, 0.3) is 0 Å². The molecule has 1 aromatic carbocycles. The Morgan fingerprint density at radius 3 is 2.10 bits per heavy atom. The molecule has 1 aromatic rings. The van der Waals surface area contributed by atoms with E-state index in [2.05, 4.69) is 21.2 Å². The van der Waals surface area contributed by atoms with Crippen molar-refractivity contribution in [3.63, 3.8) is 0 Å². The van der Waals surface area contributed by atoms with E-state index in [1.807, 2.05) is 13.8 Å². The molecule has 21 heavy (non-hydrogen) atoms. The normalized spacial score (nSPS) is 13.2. The highest BCUT2D eigenvalue weighted by molar-refractivity contribution is 9.09. The Bertz CT molecular complexity index is 501. The van der Waals surface area contributed by atoms with Gasteiger partial charge in [0.1, 0.15) is 5.75 Å². The van der Waals surface area contributed by atoms with E-state index in [0.717, 1.165) is 6.42 Å². The Labute approximate surface area is 134 Å². The number of rotatable bonds is 7. The molecule has 0 bridgehead atoms. The predicted molar refractivity (Wildman–Crippen MR) is 86.1 cm³/mol. The lowest BCUT2D eigenvalue weighted by Gasteiger charge is -2.27. The lowest BCUT2D eigenvalue weighted by atomic mass is 10.0. The van der Waals surface area contributed by atoms with Crippen LogP contribution in [0.5, 0.6) is 17.2 Å². The maximum atomic E-state index is 12.5. The third-order valence-corrected chi connectivity index (χ3v) is 4.68. The van der Waals surface area contributed by atoms with Crippen LogP contribution in [0.3, 0.4) is 0 Å². The third kappa shape index (κ3) is 4.03. The van der Waals surface area contributed by atoms with Gasteiger partial charge in [-0.25, -0.2) is 0 Å². The van der Waals surface area contributed by atoms with Crippen LogP contribution < -0.4 is 19.5 Å². The lowest BCUT2D eigenvalue weighted by molar-refractivity contribution is 0.0910. The van der Waals surface area contributed by atoms with Crippen molar-refractivity contribution in [2.45, 2.75) is 25.8 Å².